The second-order valence-corrected chi connectivity index (χ2v) is 11.7. The Hall–Kier alpha value is -1.93. The lowest BCUT2D eigenvalue weighted by Gasteiger charge is -2.13. The summed E-state index contributed by atoms with van der Waals surface area (Å²) in [6.07, 6.45) is -0.546. The number of aryl methyl sites for hydroxylation is 2. The molecule has 0 saturated carbocycles. The maximum atomic E-state index is 14.3. The zero-order valence-electron chi connectivity index (χ0n) is 18.3. The predicted molar refractivity (Wildman–Crippen MR) is 130 cm³/mol. The van der Waals surface area contributed by atoms with Crippen LogP contribution in [0.2, 0.25) is 0 Å². The standard InChI is InChI=1S/C21H25F2IN6O2S/c1-11(2)10-26-33(31,32)6-5-30-17(27-18-19(25)28-21(23)29-20(18)30)9-13-7-14-12(8-16(13)24)3-4-15(14)22/h7-8,11,15,26H,3-6,9-10H2,1-2H3,(H2,25,28,29). The zero-order chi connectivity index (χ0) is 23.9. The van der Waals surface area contributed by atoms with E-state index in [4.69, 9.17) is 5.73 Å². The lowest BCUT2D eigenvalue weighted by Crippen LogP contribution is -2.31. The number of hydrogen-bond donors (Lipinski definition) is 2. The van der Waals surface area contributed by atoms with E-state index >= 15 is 0 Å². The molecule has 0 saturated heterocycles. The van der Waals surface area contributed by atoms with E-state index in [9.17, 15) is 17.2 Å². The molecule has 2 aromatic heterocycles. The molecule has 12 heteroatoms. The number of anilines is 1. The van der Waals surface area contributed by atoms with Gasteiger partial charge >= 0.3 is 6.08 Å². The highest BCUT2D eigenvalue weighted by Gasteiger charge is 2.25. The maximum absolute atomic E-state index is 14.3. The third-order valence-corrected chi connectivity index (χ3v) is 7.96. The molecule has 2 heterocycles. The fourth-order valence-corrected chi connectivity index (χ4v) is 5.79. The minimum atomic E-state index is -3.57. The van der Waals surface area contributed by atoms with Gasteiger partial charge in [0.25, 0.3) is 0 Å². The van der Waals surface area contributed by atoms with Crippen molar-refractivity contribution in [2.45, 2.75) is 45.8 Å². The number of rotatable bonds is 8. The van der Waals surface area contributed by atoms with E-state index in [-0.39, 0.29) is 41.6 Å². The highest BCUT2D eigenvalue weighted by atomic mass is 127. The first-order valence-electron chi connectivity index (χ1n) is 10.6. The SMILES string of the molecule is CC(C)CNS(=O)(=O)CCn1c(Cc2cc3c(cc2I)CCC3F)nc2c(N)nc(F)nc21. The quantitative estimate of drug-likeness (QED) is 0.308. The molecular formula is C21H25F2IN6O2S. The van der Waals surface area contributed by atoms with Crippen LogP contribution < -0.4 is 10.5 Å². The summed E-state index contributed by atoms with van der Waals surface area (Å²) in [5.41, 5.74) is 8.74. The van der Waals surface area contributed by atoms with Crippen LogP contribution in [0.3, 0.4) is 0 Å². The monoisotopic (exact) mass is 590 g/mol. The normalized spacial score (nSPS) is 16.1. The first-order valence-corrected chi connectivity index (χ1v) is 13.4. The van der Waals surface area contributed by atoms with E-state index in [0.717, 1.165) is 14.7 Å². The van der Waals surface area contributed by atoms with E-state index in [2.05, 4.69) is 42.3 Å². The van der Waals surface area contributed by atoms with Crippen LogP contribution in [-0.2, 0) is 29.4 Å². The molecule has 1 aromatic carbocycles. The third-order valence-electron chi connectivity index (χ3n) is 5.63. The number of nitrogens with one attached hydrogen (secondary N) is 1. The highest BCUT2D eigenvalue weighted by Crippen LogP contribution is 2.36. The first-order chi connectivity index (χ1) is 15.5. The van der Waals surface area contributed by atoms with Crippen LogP contribution in [-0.4, -0.2) is 40.2 Å². The Morgan fingerprint density at radius 3 is 2.79 bits per heavy atom. The first kappa shape index (κ1) is 24.2. The molecule has 178 valence electrons. The van der Waals surface area contributed by atoms with Crippen molar-refractivity contribution in [1.29, 1.82) is 0 Å². The lowest BCUT2D eigenvalue weighted by molar-refractivity contribution is 0.343. The van der Waals surface area contributed by atoms with Gasteiger partial charge in [0, 0.05) is 23.1 Å². The van der Waals surface area contributed by atoms with Crippen LogP contribution in [0.25, 0.3) is 11.2 Å². The summed E-state index contributed by atoms with van der Waals surface area (Å²) < 4.78 is 58.3. The van der Waals surface area contributed by atoms with Crippen molar-refractivity contribution in [3.8, 4) is 0 Å². The van der Waals surface area contributed by atoms with Crippen LogP contribution in [0.1, 0.15) is 49.0 Å². The van der Waals surface area contributed by atoms with Crippen molar-refractivity contribution in [3.05, 3.63) is 44.3 Å². The van der Waals surface area contributed by atoms with Crippen molar-refractivity contribution in [3.63, 3.8) is 0 Å². The average molecular weight is 590 g/mol. The van der Waals surface area contributed by atoms with E-state index in [0.29, 0.717) is 30.8 Å². The number of hydrogen-bond acceptors (Lipinski definition) is 6. The van der Waals surface area contributed by atoms with E-state index in [1.54, 1.807) is 4.57 Å². The number of aromatic nitrogens is 4. The average Bonchev–Trinajstić information content (AvgIpc) is 3.26. The van der Waals surface area contributed by atoms with Gasteiger partial charge < -0.3 is 10.3 Å². The summed E-state index contributed by atoms with van der Waals surface area (Å²) in [6, 6.07) is 3.82. The molecule has 0 spiro atoms. The third kappa shape index (κ3) is 5.27. The van der Waals surface area contributed by atoms with Crippen LogP contribution >= 0.6 is 22.6 Å². The Morgan fingerprint density at radius 1 is 1.30 bits per heavy atom. The van der Waals surface area contributed by atoms with Gasteiger partial charge in [-0.2, -0.15) is 14.4 Å². The van der Waals surface area contributed by atoms with Crippen LogP contribution in [0.4, 0.5) is 14.6 Å². The van der Waals surface area contributed by atoms with Gasteiger partial charge in [0.15, 0.2) is 17.0 Å². The number of sulfonamides is 1. The van der Waals surface area contributed by atoms with Gasteiger partial charge in [0.1, 0.15) is 12.0 Å². The number of fused-ring (bicyclic) bond motifs is 2. The summed E-state index contributed by atoms with van der Waals surface area (Å²) in [7, 11) is -3.57. The lowest BCUT2D eigenvalue weighted by atomic mass is 10.0. The fourth-order valence-electron chi connectivity index (χ4n) is 3.92. The Kier molecular flexibility index (Phi) is 6.87. The molecule has 1 aliphatic carbocycles. The van der Waals surface area contributed by atoms with E-state index in [1.807, 2.05) is 26.0 Å². The van der Waals surface area contributed by atoms with Crippen molar-refractivity contribution in [2.24, 2.45) is 5.92 Å². The Bertz CT molecular complexity index is 1310. The van der Waals surface area contributed by atoms with Gasteiger partial charge in [-0.25, -0.2) is 22.5 Å². The van der Waals surface area contributed by atoms with Crippen molar-refractivity contribution in [1.82, 2.24) is 24.2 Å². The summed E-state index contributed by atoms with van der Waals surface area (Å²) in [6.45, 7) is 4.14. The zero-order valence-corrected chi connectivity index (χ0v) is 21.3. The number of nitrogen functional groups attached to an aromatic ring is 1. The number of nitrogens with two attached hydrogens (primary N) is 1. The van der Waals surface area contributed by atoms with Crippen molar-refractivity contribution in [2.75, 3.05) is 18.0 Å². The van der Waals surface area contributed by atoms with Crippen LogP contribution in [0, 0.1) is 15.6 Å². The second kappa shape index (κ2) is 9.37. The van der Waals surface area contributed by atoms with Gasteiger partial charge in [0.05, 0.1) is 5.75 Å². The summed E-state index contributed by atoms with van der Waals surface area (Å²) in [4.78, 5) is 11.9. The largest absolute Gasteiger partial charge is 0.382 e. The molecule has 1 unspecified atom stereocenters. The number of halogens is 3. The van der Waals surface area contributed by atoms with Gasteiger partial charge in [-0.1, -0.05) is 19.9 Å². The molecule has 0 amide bonds. The van der Waals surface area contributed by atoms with Gasteiger partial charge in [-0.05, 0) is 64.1 Å². The Labute approximate surface area is 204 Å². The van der Waals surface area contributed by atoms with Gasteiger partial charge in [-0.15, -0.1) is 0 Å². The molecule has 0 aliphatic heterocycles. The second-order valence-electron chi connectivity index (χ2n) is 8.62. The smallest absolute Gasteiger partial charge is 0.312 e. The van der Waals surface area contributed by atoms with Crippen LogP contribution in [0.5, 0.6) is 0 Å². The molecule has 0 bridgehead atoms. The van der Waals surface area contributed by atoms with E-state index < -0.39 is 22.3 Å². The molecule has 3 N–H and O–H groups in total. The summed E-state index contributed by atoms with van der Waals surface area (Å²) in [5, 5.41) is 0. The van der Waals surface area contributed by atoms with Crippen molar-refractivity contribution < 1.29 is 17.2 Å². The molecular weight excluding hydrogens is 565 g/mol. The maximum Gasteiger partial charge on any atom is 0.312 e. The molecule has 0 fully saturated rings. The number of alkyl halides is 1. The Balaban J connectivity index is 1.71. The minimum Gasteiger partial charge on any atom is -0.382 e. The number of imidazole rings is 1. The fraction of sp³-hybridized carbons (Fsp3) is 0.476. The van der Waals surface area contributed by atoms with Crippen molar-refractivity contribution >= 4 is 49.6 Å². The van der Waals surface area contributed by atoms with Crippen LogP contribution in [0.15, 0.2) is 12.1 Å². The molecule has 4 rings (SSSR count). The molecule has 3 aromatic rings. The molecule has 0 radical (unpaired) electrons. The number of benzene rings is 1. The molecule has 8 nitrogen and oxygen atoms in total. The minimum absolute atomic E-state index is 0.00239. The summed E-state index contributed by atoms with van der Waals surface area (Å²) >= 11 is 2.20. The molecule has 1 atom stereocenters. The summed E-state index contributed by atoms with van der Waals surface area (Å²) in [5.74, 6) is 0.261. The highest BCUT2D eigenvalue weighted by molar-refractivity contribution is 14.1. The van der Waals surface area contributed by atoms with E-state index in [1.165, 1.54) is 0 Å². The molecule has 33 heavy (non-hydrogen) atoms. The topological polar surface area (TPSA) is 116 Å². The number of nitrogens with zero attached hydrogens (tertiary/aromatic N) is 4. The Morgan fingerprint density at radius 2 is 2.06 bits per heavy atom. The van der Waals surface area contributed by atoms with Gasteiger partial charge in [0.2, 0.25) is 10.0 Å². The molecule has 1 aliphatic rings. The predicted octanol–water partition coefficient (Wildman–Crippen LogP) is 3.28. The van der Waals surface area contributed by atoms with Gasteiger partial charge in [-0.3, -0.25) is 0 Å².